The predicted octanol–water partition coefficient (Wildman–Crippen LogP) is 2.70. The molecule has 1 aromatic carbocycles. The summed E-state index contributed by atoms with van der Waals surface area (Å²) in [6, 6.07) is 8.58. The van der Waals surface area contributed by atoms with Gasteiger partial charge in [-0.25, -0.2) is 0 Å². The van der Waals surface area contributed by atoms with Gasteiger partial charge in [0.2, 0.25) is 17.7 Å². The number of imide groups is 1. The Morgan fingerprint density at radius 1 is 1.27 bits per heavy atom. The van der Waals surface area contributed by atoms with Crippen LogP contribution in [-0.2, 0) is 15.0 Å². The maximum Gasteiger partial charge on any atom is 0.261 e. The molecule has 7 nitrogen and oxygen atoms in total. The molecule has 0 aliphatic carbocycles. The number of fused-ring (bicyclic) bond motifs is 1. The number of benzene rings is 1. The molecular weight excluding hydrogens is 334 g/mol. The number of nitrogens with one attached hydrogen (secondary N) is 1. The molecule has 1 aliphatic rings. The fraction of sp³-hybridized carbons (Fsp3) is 0.368. The lowest BCUT2D eigenvalue weighted by molar-refractivity contribution is -0.133. The van der Waals surface area contributed by atoms with Crippen molar-refractivity contribution in [2.24, 2.45) is 0 Å². The summed E-state index contributed by atoms with van der Waals surface area (Å²) >= 11 is 0. The van der Waals surface area contributed by atoms with E-state index in [9.17, 15) is 14.4 Å². The van der Waals surface area contributed by atoms with E-state index < -0.39 is 23.6 Å². The molecule has 7 heteroatoms. The van der Waals surface area contributed by atoms with E-state index in [1.807, 2.05) is 20.8 Å². The summed E-state index contributed by atoms with van der Waals surface area (Å²) in [6.45, 7) is 7.27. The van der Waals surface area contributed by atoms with Crippen molar-refractivity contribution in [2.75, 3.05) is 11.9 Å². The van der Waals surface area contributed by atoms with Crippen molar-refractivity contribution in [1.82, 2.24) is 10.1 Å². The molecule has 3 amide bonds. The Kier molecular flexibility index (Phi) is 4.39. The van der Waals surface area contributed by atoms with E-state index in [4.69, 9.17) is 4.52 Å². The van der Waals surface area contributed by atoms with Crippen molar-refractivity contribution < 1.29 is 18.9 Å². The highest BCUT2D eigenvalue weighted by Gasteiger charge is 2.37. The minimum Gasteiger partial charge on any atom is -0.338 e. The summed E-state index contributed by atoms with van der Waals surface area (Å²) in [6.07, 6.45) is 0. The van der Waals surface area contributed by atoms with Crippen LogP contribution in [0.5, 0.6) is 0 Å². The third-order valence-corrected chi connectivity index (χ3v) is 4.38. The summed E-state index contributed by atoms with van der Waals surface area (Å²) in [4.78, 5) is 38.4. The van der Waals surface area contributed by atoms with Gasteiger partial charge in [-0.1, -0.05) is 44.1 Å². The SMILES string of the molecule is CC1C(=O)N(CC(=O)Nc2cc(C(C)(C)C)no2)C(=O)c2ccccc21. The van der Waals surface area contributed by atoms with Crippen LogP contribution < -0.4 is 5.32 Å². The molecule has 1 atom stereocenters. The summed E-state index contributed by atoms with van der Waals surface area (Å²) in [5, 5.41) is 6.47. The van der Waals surface area contributed by atoms with Crippen molar-refractivity contribution in [1.29, 1.82) is 0 Å². The molecule has 0 saturated carbocycles. The van der Waals surface area contributed by atoms with E-state index >= 15 is 0 Å². The van der Waals surface area contributed by atoms with Gasteiger partial charge in [0.25, 0.3) is 5.91 Å². The molecule has 2 aromatic rings. The number of rotatable bonds is 3. The molecule has 1 aromatic heterocycles. The van der Waals surface area contributed by atoms with Crippen LogP contribution in [-0.4, -0.2) is 34.3 Å². The van der Waals surface area contributed by atoms with Crippen LogP contribution in [0, 0.1) is 0 Å². The predicted molar refractivity (Wildman–Crippen MR) is 94.7 cm³/mol. The zero-order valence-corrected chi connectivity index (χ0v) is 15.2. The number of carbonyl (C=O) groups excluding carboxylic acids is 3. The smallest absolute Gasteiger partial charge is 0.261 e. The maximum atomic E-state index is 12.6. The third-order valence-electron chi connectivity index (χ3n) is 4.38. The van der Waals surface area contributed by atoms with Crippen molar-refractivity contribution in [2.45, 2.75) is 39.0 Å². The molecule has 1 N–H and O–H groups in total. The number of anilines is 1. The second-order valence-electron chi connectivity index (χ2n) is 7.41. The van der Waals surface area contributed by atoms with Gasteiger partial charge in [-0.3, -0.25) is 24.6 Å². The lowest BCUT2D eigenvalue weighted by Crippen LogP contribution is -2.47. The highest BCUT2D eigenvalue weighted by molar-refractivity contribution is 6.13. The topological polar surface area (TPSA) is 92.5 Å². The molecule has 0 fully saturated rings. The molecule has 136 valence electrons. The maximum absolute atomic E-state index is 12.6. The fourth-order valence-electron chi connectivity index (χ4n) is 2.84. The fourth-order valence-corrected chi connectivity index (χ4v) is 2.84. The van der Waals surface area contributed by atoms with Crippen molar-refractivity contribution in [3.63, 3.8) is 0 Å². The average molecular weight is 355 g/mol. The van der Waals surface area contributed by atoms with Crippen molar-refractivity contribution >= 4 is 23.6 Å². The minimum absolute atomic E-state index is 0.185. The molecule has 0 radical (unpaired) electrons. The van der Waals surface area contributed by atoms with E-state index in [2.05, 4.69) is 10.5 Å². The van der Waals surface area contributed by atoms with Crippen LogP contribution in [0.2, 0.25) is 0 Å². The number of amides is 3. The molecular formula is C19H21N3O4. The number of aromatic nitrogens is 1. The summed E-state index contributed by atoms with van der Waals surface area (Å²) in [5.74, 6) is -1.67. The van der Waals surface area contributed by atoms with Gasteiger partial charge in [0, 0.05) is 17.0 Å². The standard InChI is InChI=1S/C19H21N3O4/c1-11-12-7-5-6-8-13(12)18(25)22(17(11)24)10-15(23)20-16-9-14(21-26-16)19(2,3)4/h5-9,11H,10H2,1-4H3,(H,20,23). The molecule has 2 heterocycles. The van der Waals surface area contributed by atoms with E-state index in [-0.39, 0.29) is 17.8 Å². The van der Waals surface area contributed by atoms with Gasteiger partial charge in [0.15, 0.2) is 0 Å². The van der Waals surface area contributed by atoms with Gasteiger partial charge in [-0.2, -0.15) is 0 Å². The third kappa shape index (κ3) is 3.24. The first kappa shape index (κ1) is 17.8. The Balaban J connectivity index is 1.74. The molecule has 0 bridgehead atoms. The Morgan fingerprint density at radius 2 is 1.96 bits per heavy atom. The van der Waals surface area contributed by atoms with Gasteiger partial charge in [-0.15, -0.1) is 0 Å². The largest absolute Gasteiger partial charge is 0.338 e. The summed E-state index contributed by atoms with van der Waals surface area (Å²) in [7, 11) is 0. The normalized spacial score (nSPS) is 17.2. The van der Waals surface area contributed by atoms with Gasteiger partial charge in [0.05, 0.1) is 11.6 Å². The lowest BCUT2D eigenvalue weighted by atomic mass is 9.90. The zero-order chi connectivity index (χ0) is 19.1. The number of hydrogen-bond acceptors (Lipinski definition) is 5. The molecule has 26 heavy (non-hydrogen) atoms. The quantitative estimate of drug-likeness (QED) is 0.855. The Bertz CT molecular complexity index is 879. The first-order valence-corrected chi connectivity index (χ1v) is 8.40. The first-order valence-electron chi connectivity index (χ1n) is 8.40. The summed E-state index contributed by atoms with van der Waals surface area (Å²) in [5.41, 5.74) is 1.61. The number of carbonyl (C=O) groups is 3. The van der Waals surface area contributed by atoms with E-state index in [1.54, 1.807) is 37.3 Å². The molecule has 1 aliphatic heterocycles. The molecule has 3 rings (SSSR count). The van der Waals surface area contributed by atoms with Crippen LogP contribution >= 0.6 is 0 Å². The van der Waals surface area contributed by atoms with Gasteiger partial charge in [0.1, 0.15) is 6.54 Å². The van der Waals surface area contributed by atoms with Crippen LogP contribution in [0.25, 0.3) is 0 Å². The van der Waals surface area contributed by atoms with Crippen molar-refractivity contribution in [3.8, 4) is 0 Å². The Hall–Kier alpha value is -2.96. The average Bonchev–Trinajstić information content (AvgIpc) is 3.05. The lowest BCUT2D eigenvalue weighted by Gasteiger charge is -2.30. The van der Waals surface area contributed by atoms with E-state index in [0.717, 1.165) is 4.90 Å². The van der Waals surface area contributed by atoms with E-state index in [0.29, 0.717) is 16.8 Å². The first-order chi connectivity index (χ1) is 12.2. The highest BCUT2D eigenvalue weighted by Crippen LogP contribution is 2.29. The zero-order valence-electron chi connectivity index (χ0n) is 15.2. The second kappa shape index (κ2) is 6.40. The number of nitrogens with zero attached hydrogens (tertiary/aromatic N) is 2. The molecule has 0 spiro atoms. The van der Waals surface area contributed by atoms with Crippen LogP contribution in [0.4, 0.5) is 5.88 Å². The molecule has 0 saturated heterocycles. The minimum atomic E-state index is -0.519. The monoisotopic (exact) mass is 355 g/mol. The van der Waals surface area contributed by atoms with Gasteiger partial charge < -0.3 is 4.52 Å². The van der Waals surface area contributed by atoms with Gasteiger partial charge >= 0.3 is 0 Å². The van der Waals surface area contributed by atoms with Crippen LogP contribution in [0.3, 0.4) is 0 Å². The second-order valence-corrected chi connectivity index (χ2v) is 7.41. The molecule has 1 unspecified atom stereocenters. The number of hydrogen-bond donors (Lipinski definition) is 1. The van der Waals surface area contributed by atoms with Crippen LogP contribution in [0.1, 0.15) is 55.2 Å². The Morgan fingerprint density at radius 3 is 2.62 bits per heavy atom. The Labute approximate surface area is 151 Å². The van der Waals surface area contributed by atoms with Crippen LogP contribution in [0.15, 0.2) is 34.9 Å². The van der Waals surface area contributed by atoms with E-state index in [1.165, 1.54) is 0 Å². The highest BCUT2D eigenvalue weighted by atomic mass is 16.5. The van der Waals surface area contributed by atoms with Gasteiger partial charge in [-0.05, 0) is 18.6 Å². The van der Waals surface area contributed by atoms with Crippen molar-refractivity contribution in [3.05, 3.63) is 47.2 Å². The summed E-state index contributed by atoms with van der Waals surface area (Å²) < 4.78 is 5.11.